The molecule has 1 heterocycles. The molecule has 3 aromatic carbocycles. The average Bonchev–Trinajstić information content (AvgIpc) is 2.84. The molecule has 6 nitrogen and oxygen atoms in total. The maximum absolute atomic E-state index is 12.4. The third-order valence-corrected chi connectivity index (χ3v) is 4.93. The summed E-state index contributed by atoms with van der Waals surface area (Å²) in [6.07, 6.45) is 3.28. The van der Waals surface area contributed by atoms with Gasteiger partial charge in [-0.15, -0.1) is 0 Å². The molecule has 34 heavy (non-hydrogen) atoms. The molecular weight excluding hydrogens is 424 g/mol. The van der Waals surface area contributed by atoms with Crippen LogP contribution in [-0.2, 0) is 4.79 Å². The first kappa shape index (κ1) is 22.7. The van der Waals surface area contributed by atoms with Crippen LogP contribution in [0.2, 0.25) is 0 Å². The summed E-state index contributed by atoms with van der Waals surface area (Å²) >= 11 is 0. The van der Waals surface area contributed by atoms with Crippen molar-refractivity contribution in [3.8, 4) is 17.0 Å². The predicted octanol–water partition coefficient (Wildman–Crippen LogP) is 6.25. The van der Waals surface area contributed by atoms with Gasteiger partial charge < -0.3 is 15.4 Å². The van der Waals surface area contributed by atoms with Crippen molar-refractivity contribution in [3.63, 3.8) is 0 Å². The molecule has 0 aliphatic carbocycles. The molecule has 0 spiro atoms. The number of nitrogens with one attached hydrogen (secondary N) is 2. The van der Waals surface area contributed by atoms with Gasteiger partial charge in [-0.3, -0.25) is 4.79 Å². The van der Waals surface area contributed by atoms with E-state index in [9.17, 15) is 4.79 Å². The molecule has 0 aliphatic heterocycles. The molecule has 0 fully saturated rings. The van der Waals surface area contributed by atoms with E-state index < -0.39 is 0 Å². The van der Waals surface area contributed by atoms with Crippen LogP contribution in [0, 0.1) is 6.92 Å². The van der Waals surface area contributed by atoms with Crippen molar-refractivity contribution in [2.24, 2.45) is 0 Å². The Balaban J connectivity index is 1.42. The fourth-order valence-corrected chi connectivity index (χ4v) is 3.41. The molecule has 6 heteroatoms. The lowest BCUT2D eigenvalue weighted by molar-refractivity contribution is -0.111. The van der Waals surface area contributed by atoms with Crippen LogP contribution in [0.25, 0.3) is 17.3 Å². The number of hydrogen-bond acceptors (Lipinski definition) is 5. The van der Waals surface area contributed by atoms with E-state index in [1.165, 1.54) is 6.08 Å². The van der Waals surface area contributed by atoms with Gasteiger partial charge in [-0.25, -0.2) is 9.97 Å². The second kappa shape index (κ2) is 10.9. The molecule has 0 aliphatic rings. The van der Waals surface area contributed by atoms with Gasteiger partial charge >= 0.3 is 0 Å². The SMILES string of the molecule is CCOc1ccc(/C=C/C(=O)Nc2cccc(Nc3cc(-c4ccccc4)nc(C)n3)c2)cc1. The topological polar surface area (TPSA) is 76.1 Å². The molecule has 0 bridgehead atoms. The molecule has 0 saturated carbocycles. The largest absolute Gasteiger partial charge is 0.494 e. The zero-order valence-electron chi connectivity index (χ0n) is 19.2. The van der Waals surface area contributed by atoms with Crippen molar-refractivity contribution in [3.05, 3.63) is 102 Å². The number of nitrogens with zero attached hydrogens (tertiary/aromatic N) is 2. The summed E-state index contributed by atoms with van der Waals surface area (Å²) in [6, 6.07) is 27.0. The third-order valence-electron chi connectivity index (χ3n) is 4.93. The Kier molecular flexibility index (Phi) is 7.30. The molecule has 1 amide bonds. The summed E-state index contributed by atoms with van der Waals surface area (Å²) in [7, 11) is 0. The number of benzene rings is 3. The van der Waals surface area contributed by atoms with Crippen molar-refractivity contribution in [1.82, 2.24) is 9.97 Å². The van der Waals surface area contributed by atoms with Gasteiger partial charge in [0.25, 0.3) is 0 Å². The van der Waals surface area contributed by atoms with Crippen molar-refractivity contribution in [1.29, 1.82) is 0 Å². The van der Waals surface area contributed by atoms with Crippen molar-refractivity contribution < 1.29 is 9.53 Å². The van der Waals surface area contributed by atoms with Crippen LogP contribution in [0.15, 0.2) is 91.0 Å². The fraction of sp³-hybridized carbons (Fsp3) is 0.107. The lowest BCUT2D eigenvalue weighted by atomic mass is 10.1. The van der Waals surface area contributed by atoms with Crippen LogP contribution in [0.4, 0.5) is 17.2 Å². The maximum Gasteiger partial charge on any atom is 0.248 e. The van der Waals surface area contributed by atoms with E-state index in [4.69, 9.17) is 4.74 Å². The number of amides is 1. The minimum absolute atomic E-state index is 0.213. The standard InChI is InChI=1S/C28H26N4O2/c1-3-34-25-15-12-21(13-16-25)14-17-28(33)32-24-11-7-10-23(18-24)31-27-19-26(29-20(2)30-27)22-8-5-4-6-9-22/h4-19H,3H2,1-2H3,(H,32,33)(H,29,30,31)/b17-14+. The minimum Gasteiger partial charge on any atom is -0.494 e. The number of rotatable bonds is 8. The van der Waals surface area contributed by atoms with Crippen LogP contribution in [0.5, 0.6) is 5.75 Å². The highest BCUT2D eigenvalue weighted by Gasteiger charge is 2.06. The molecule has 0 radical (unpaired) electrons. The van der Waals surface area contributed by atoms with Gasteiger partial charge in [-0.2, -0.15) is 0 Å². The Morgan fingerprint density at radius 1 is 0.912 bits per heavy atom. The fourth-order valence-electron chi connectivity index (χ4n) is 3.41. The van der Waals surface area contributed by atoms with E-state index >= 15 is 0 Å². The number of carbonyl (C=O) groups is 1. The Hall–Kier alpha value is -4.45. The normalized spacial score (nSPS) is 10.8. The summed E-state index contributed by atoms with van der Waals surface area (Å²) in [4.78, 5) is 21.4. The van der Waals surface area contributed by atoms with Crippen LogP contribution in [0.1, 0.15) is 18.3 Å². The number of ether oxygens (including phenoxy) is 1. The molecular formula is C28H26N4O2. The first-order valence-electron chi connectivity index (χ1n) is 11.1. The van der Waals surface area contributed by atoms with Crippen molar-refractivity contribution in [2.75, 3.05) is 17.2 Å². The van der Waals surface area contributed by atoms with E-state index in [1.807, 2.05) is 98.8 Å². The number of aromatic nitrogens is 2. The number of anilines is 3. The lowest BCUT2D eigenvalue weighted by Crippen LogP contribution is -2.08. The summed E-state index contributed by atoms with van der Waals surface area (Å²) < 4.78 is 5.44. The van der Waals surface area contributed by atoms with E-state index in [2.05, 4.69) is 20.6 Å². The maximum atomic E-state index is 12.4. The molecule has 4 rings (SSSR count). The van der Waals surface area contributed by atoms with Crippen LogP contribution in [0.3, 0.4) is 0 Å². The highest BCUT2D eigenvalue weighted by Crippen LogP contribution is 2.23. The minimum atomic E-state index is -0.213. The second-order valence-corrected chi connectivity index (χ2v) is 7.58. The van der Waals surface area contributed by atoms with Gasteiger partial charge in [0.1, 0.15) is 17.4 Å². The zero-order valence-corrected chi connectivity index (χ0v) is 19.2. The summed E-state index contributed by atoms with van der Waals surface area (Å²) in [5, 5.41) is 6.21. The van der Waals surface area contributed by atoms with Gasteiger partial charge in [-0.1, -0.05) is 48.5 Å². The number of hydrogen-bond donors (Lipinski definition) is 2. The van der Waals surface area contributed by atoms with Gasteiger partial charge in [0.05, 0.1) is 12.3 Å². The van der Waals surface area contributed by atoms with Crippen LogP contribution in [-0.4, -0.2) is 22.5 Å². The van der Waals surface area contributed by atoms with E-state index in [0.29, 0.717) is 23.9 Å². The Labute approximate surface area is 199 Å². The molecule has 1 aromatic heterocycles. The summed E-state index contributed by atoms with van der Waals surface area (Å²) in [6.45, 7) is 4.43. The first-order chi connectivity index (χ1) is 16.6. The monoisotopic (exact) mass is 450 g/mol. The average molecular weight is 451 g/mol. The van der Waals surface area contributed by atoms with E-state index in [0.717, 1.165) is 28.3 Å². The van der Waals surface area contributed by atoms with Gasteiger partial charge in [0.2, 0.25) is 5.91 Å². The zero-order chi connectivity index (χ0) is 23.8. The van der Waals surface area contributed by atoms with Crippen molar-refractivity contribution in [2.45, 2.75) is 13.8 Å². The first-order valence-corrected chi connectivity index (χ1v) is 11.1. The number of aryl methyl sites for hydroxylation is 1. The Morgan fingerprint density at radius 3 is 2.44 bits per heavy atom. The smallest absolute Gasteiger partial charge is 0.248 e. The van der Waals surface area contributed by atoms with E-state index in [-0.39, 0.29) is 5.91 Å². The summed E-state index contributed by atoms with van der Waals surface area (Å²) in [5.41, 5.74) is 4.28. The number of carbonyl (C=O) groups excluding carboxylic acids is 1. The van der Waals surface area contributed by atoms with Crippen LogP contribution >= 0.6 is 0 Å². The lowest BCUT2D eigenvalue weighted by Gasteiger charge is -2.10. The molecule has 170 valence electrons. The molecule has 4 aromatic rings. The molecule has 0 unspecified atom stereocenters. The van der Waals surface area contributed by atoms with E-state index in [1.54, 1.807) is 6.08 Å². The highest BCUT2D eigenvalue weighted by atomic mass is 16.5. The van der Waals surface area contributed by atoms with Gasteiger partial charge in [-0.05, 0) is 55.8 Å². The molecule has 0 atom stereocenters. The quantitative estimate of drug-likeness (QED) is 0.311. The van der Waals surface area contributed by atoms with Crippen molar-refractivity contribution >= 4 is 29.2 Å². The highest BCUT2D eigenvalue weighted by molar-refractivity contribution is 6.02. The summed E-state index contributed by atoms with van der Waals surface area (Å²) in [5.74, 6) is 1.96. The second-order valence-electron chi connectivity index (χ2n) is 7.58. The molecule has 2 N–H and O–H groups in total. The third kappa shape index (κ3) is 6.29. The van der Waals surface area contributed by atoms with Gasteiger partial charge in [0.15, 0.2) is 0 Å². The Bertz CT molecular complexity index is 1290. The van der Waals surface area contributed by atoms with Gasteiger partial charge in [0, 0.05) is 29.1 Å². The molecule has 0 saturated heterocycles. The Morgan fingerprint density at radius 2 is 1.68 bits per heavy atom. The van der Waals surface area contributed by atoms with Crippen LogP contribution < -0.4 is 15.4 Å². The predicted molar refractivity (Wildman–Crippen MR) is 137 cm³/mol.